The van der Waals surface area contributed by atoms with Crippen molar-refractivity contribution in [3.05, 3.63) is 5.21 Å². The van der Waals surface area contributed by atoms with Crippen LogP contribution in [0.4, 0.5) is 0 Å². The third kappa shape index (κ3) is 2.73. The molecular weight excluding hydrogens is 194 g/mol. The summed E-state index contributed by atoms with van der Waals surface area (Å²) in [6, 6.07) is -0.863. The van der Waals surface area contributed by atoms with Crippen molar-refractivity contribution in [1.29, 1.82) is 0 Å². The van der Waals surface area contributed by atoms with Gasteiger partial charge in [0.15, 0.2) is 6.04 Å². The molecule has 1 aliphatic rings. The number of aliphatic carboxylic acids is 1. The van der Waals surface area contributed by atoms with Crippen molar-refractivity contribution in [1.82, 2.24) is 5.01 Å². The van der Waals surface area contributed by atoms with Gasteiger partial charge in [-0.2, -0.15) is 0 Å². The smallest absolute Gasteiger partial charge is 0.332 e. The standard InChI is InChI=1S/C5H9N3O4.CH4O/c9-5(10)4-2-1-3-7(4)8(12)6-11;1-2/h4,11H,1-3H2,(H,9,10);2H,1H3. The van der Waals surface area contributed by atoms with Gasteiger partial charge in [-0.1, -0.05) is 0 Å². The van der Waals surface area contributed by atoms with Crippen LogP contribution in [0, 0.1) is 5.21 Å². The zero-order valence-electron chi connectivity index (χ0n) is 7.70. The summed E-state index contributed by atoms with van der Waals surface area (Å²) in [5.41, 5.74) is 0. The highest BCUT2D eigenvalue weighted by Gasteiger charge is 2.36. The molecule has 1 unspecified atom stereocenters. The number of aliphatic hydroxyl groups is 1. The van der Waals surface area contributed by atoms with Gasteiger partial charge < -0.3 is 20.6 Å². The molecule has 0 bridgehead atoms. The Hall–Kier alpha value is -1.57. The topological polar surface area (TPSA) is 119 Å². The highest BCUT2D eigenvalue weighted by molar-refractivity contribution is 5.73. The van der Waals surface area contributed by atoms with Crippen molar-refractivity contribution in [3.63, 3.8) is 0 Å². The van der Waals surface area contributed by atoms with Gasteiger partial charge in [-0.05, 0) is 12.8 Å². The Labute approximate surface area is 80.2 Å². The Morgan fingerprint density at radius 2 is 2.21 bits per heavy atom. The summed E-state index contributed by atoms with van der Waals surface area (Å²) in [6.07, 6.45) is 1.02. The van der Waals surface area contributed by atoms with E-state index in [1.807, 2.05) is 0 Å². The molecule has 0 aromatic rings. The fourth-order valence-electron chi connectivity index (χ4n) is 1.26. The molecule has 1 heterocycles. The number of carbonyl (C=O) groups is 1. The second-order valence-corrected chi connectivity index (χ2v) is 2.50. The van der Waals surface area contributed by atoms with E-state index in [2.05, 4.69) is 5.28 Å². The first kappa shape index (κ1) is 12.4. The van der Waals surface area contributed by atoms with Crippen LogP contribution in [0.25, 0.3) is 0 Å². The molecule has 0 radical (unpaired) electrons. The molecule has 0 spiro atoms. The molecule has 0 amide bonds. The summed E-state index contributed by atoms with van der Waals surface area (Å²) in [4.78, 5) is 10.4. The molecule has 82 valence electrons. The third-order valence-electron chi connectivity index (χ3n) is 1.81. The highest BCUT2D eigenvalue weighted by atomic mass is 16.6. The molecule has 8 nitrogen and oxygen atoms in total. The van der Waals surface area contributed by atoms with Crippen LogP contribution in [0.15, 0.2) is 5.28 Å². The summed E-state index contributed by atoms with van der Waals surface area (Å²) in [6.45, 7) is 0.310. The summed E-state index contributed by atoms with van der Waals surface area (Å²) < 4.78 is 0. The molecule has 0 saturated carbocycles. The van der Waals surface area contributed by atoms with Crippen molar-refractivity contribution in [2.75, 3.05) is 13.7 Å². The highest BCUT2D eigenvalue weighted by Crippen LogP contribution is 2.16. The number of hydrogen-bond donors (Lipinski definition) is 3. The lowest BCUT2D eigenvalue weighted by Crippen LogP contribution is -2.40. The van der Waals surface area contributed by atoms with Crippen LogP contribution in [0.5, 0.6) is 0 Å². The van der Waals surface area contributed by atoms with Crippen molar-refractivity contribution < 1.29 is 25.2 Å². The lowest BCUT2D eigenvalue weighted by Gasteiger charge is -2.15. The number of aliphatic hydroxyl groups excluding tert-OH is 1. The number of carboxylic acids is 1. The molecular formula is C6H13N3O5. The fraction of sp³-hybridized carbons (Fsp3) is 0.833. The molecule has 1 fully saturated rings. The van der Waals surface area contributed by atoms with Crippen LogP contribution < -0.4 is 0 Å². The number of rotatable bonds is 2. The third-order valence-corrected chi connectivity index (χ3v) is 1.81. The Balaban J connectivity index is 0.000000791. The molecule has 14 heavy (non-hydrogen) atoms. The number of nitrogens with zero attached hydrogens (tertiary/aromatic N) is 3. The normalized spacial score (nSPS) is 21.4. The van der Waals surface area contributed by atoms with E-state index in [1.165, 1.54) is 0 Å². The Morgan fingerprint density at radius 3 is 2.64 bits per heavy atom. The maximum Gasteiger partial charge on any atom is 0.332 e. The SMILES string of the molecule is CO.O=C(O)C1CCCN1[N+]([O-])=NO. The summed E-state index contributed by atoms with van der Waals surface area (Å²) in [5.74, 6) is -1.07. The Bertz CT molecular complexity index is 220. The van der Waals surface area contributed by atoms with Crippen molar-refractivity contribution in [2.24, 2.45) is 5.28 Å². The van der Waals surface area contributed by atoms with Crippen molar-refractivity contribution in [3.8, 4) is 0 Å². The van der Waals surface area contributed by atoms with Gasteiger partial charge in [0.1, 0.15) is 0 Å². The van der Waals surface area contributed by atoms with Crippen molar-refractivity contribution >= 4 is 5.97 Å². The van der Waals surface area contributed by atoms with E-state index in [0.717, 1.165) is 12.1 Å². The van der Waals surface area contributed by atoms with Gasteiger partial charge in [-0.3, -0.25) is 0 Å². The van der Waals surface area contributed by atoms with E-state index in [-0.39, 0.29) is 4.97 Å². The minimum Gasteiger partial charge on any atom is -0.569 e. The maximum atomic E-state index is 10.7. The monoisotopic (exact) mass is 207 g/mol. The molecule has 1 atom stereocenters. The predicted octanol–water partition coefficient (Wildman–Crippen LogP) is -0.589. The molecule has 1 saturated heterocycles. The minimum atomic E-state index is -1.07. The zero-order chi connectivity index (χ0) is 11.1. The number of carboxylic acid groups (broad SMARTS) is 1. The van der Waals surface area contributed by atoms with Gasteiger partial charge in [0.05, 0.1) is 11.5 Å². The van der Waals surface area contributed by atoms with Gasteiger partial charge in [-0.25, -0.2) is 4.79 Å². The minimum absolute atomic E-state index is 0.0915. The maximum absolute atomic E-state index is 10.7. The van der Waals surface area contributed by atoms with Gasteiger partial charge in [0.25, 0.3) is 0 Å². The molecule has 8 heteroatoms. The summed E-state index contributed by atoms with van der Waals surface area (Å²) >= 11 is 0. The van der Waals surface area contributed by atoms with Crippen LogP contribution >= 0.6 is 0 Å². The van der Waals surface area contributed by atoms with Crippen LogP contribution in [0.1, 0.15) is 12.8 Å². The van der Waals surface area contributed by atoms with E-state index >= 15 is 0 Å². The predicted molar refractivity (Wildman–Crippen MR) is 43.3 cm³/mol. The first-order valence-corrected chi connectivity index (χ1v) is 3.93. The second kappa shape index (κ2) is 5.97. The summed E-state index contributed by atoms with van der Waals surface area (Å²) in [5, 5.41) is 37.7. The summed E-state index contributed by atoms with van der Waals surface area (Å²) in [7, 11) is 1.00. The van der Waals surface area contributed by atoms with E-state index in [9.17, 15) is 10.0 Å². The molecule has 0 aromatic heterocycles. The Kier molecular flexibility index (Phi) is 5.30. The van der Waals surface area contributed by atoms with E-state index in [1.54, 1.807) is 0 Å². The van der Waals surface area contributed by atoms with Gasteiger partial charge in [0, 0.05) is 7.11 Å². The molecule has 0 aliphatic carbocycles. The number of hydrazine groups is 1. The molecule has 0 aromatic carbocycles. The van der Waals surface area contributed by atoms with Crippen LogP contribution in [-0.4, -0.2) is 51.1 Å². The number of hydrogen-bond acceptors (Lipinski definition) is 4. The zero-order valence-corrected chi connectivity index (χ0v) is 7.70. The second-order valence-electron chi connectivity index (χ2n) is 2.50. The molecule has 1 rings (SSSR count). The van der Waals surface area contributed by atoms with Crippen molar-refractivity contribution in [2.45, 2.75) is 18.9 Å². The van der Waals surface area contributed by atoms with Crippen LogP contribution in [-0.2, 0) is 4.79 Å². The first-order chi connectivity index (χ1) is 6.66. The molecule has 1 aliphatic heterocycles. The van der Waals surface area contributed by atoms with Gasteiger partial charge in [0.2, 0.25) is 5.28 Å². The van der Waals surface area contributed by atoms with Gasteiger partial charge >= 0.3 is 5.97 Å². The first-order valence-electron chi connectivity index (χ1n) is 3.93. The Morgan fingerprint density at radius 1 is 1.64 bits per heavy atom. The van der Waals surface area contributed by atoms with E-state index in [4.69, 9.17) is 15.4 Å². The van der Waals surface area contributed by atoms with Gasteiger partial charge in [-0.15, -0.1) is 5.01 Å². The van der Waals surface area contributed by atoms with E-state index in [0.29, 0.717) is 19.4 Å². The quantitative estimate of drug-likeness (QED) is 0.316. The van der Waals surface area contributed by atoms with E-state index < -0.39 is 12.0 Å². The average molecular weight is 207 g/mol. The largest absolute Gasteiger partial charge is 0.569 e. The van der Waals surface area contributed by atoms with Crippen LogP contribution in [0.2, 0.25) is 0 Å². The fourth-order valence-corrected chi connectivity index (χ4v) is 1.26. The van der Waals surface area contributed by atoms with Crippen LogP contribution in [0.3, 0.4) is 0 Å². The lowest BCUT2D eigenvalue weighted by atomic mass is 10.2. The molecule has 3 N–H and O–H groups in total. The lowest BCUT2D eigenvalue weighted by molar-refractivity contribution is -0.710. The average Bonchev–Trinajstić information content (AvgIpc) is 2.68.